The average molecular weight is 178 g/mol. The molecule has 1 unspecified atom stereocenters. The maximum absolute atomic E-state index is 12.2. The monoisotopic (exact) mass is 178 g/mol. The van der Waals surface area contributed by atoms with Crippen LogP contribution in [0.15, 0.2) is 11.7 Å². The molecule has 2 N–H and O–H groups in total. The minimum absolute atomic E-state index is 0.410. The van der Waals surface area contributed by atoms with Crippen LogP contribution in [0, 0.1) is 0 Å². The summed E-state index contributed by atoms with van der Waals surface area (Å²) in [6, 6.07) is 0. The Morgan fingerprint density at radius 2 is 2.36 bits per heavy atom. The molecule has 0 bridgehead atoms. The van der Waals surface area contributed by atoms with Crippen molar-refractivity contribution in [2.45, 2.75) is 18.9 Å². The zero-order chi connectivity index (χ0) is 8.48. The van der Waals surface area contributed by atoms with Crippen molar-refractivity contribution in [2.75, 3.05) is 0 Å². The predicted octanol–water partition coefficient (Wildman–Crippen LogP) is 1.58. The van der Waals surface area contributed by atoms with Gasteiger partial charge >= 0.3 is 0 Å². The van der Waals surface area contributed by atoms with Crippen LogP contribution in [0.2, 0.25) is 0 Å². The van der Waals surface area contributed by atoms with Gasteiger partial charge in [0.15, 0.2) is 0 Å². The molecule has 0 saturated carbocycles. The molecule has 0 saturated heterocycles. The molecule has 0 spiro atoms. The maximum atomic E-state index is 12.2. The van der Waals surface area contributed by atoms with Gasteiger partial charge < -0.3 is 5.73 Å². The highest BCUT2D eigenvalue weighted by molar-refractivity contribution is 7.09. The highest BCUT2D eigenvalue weighted by Crippen LogP contribution is 2.27. The Labute approximate surface area is 67.1 Å². The van der Waals surface area contributed by atoms with E-state index in [1.54, 1.807) is 0 Å². The lowest BCUT2D eigenvalue weighted by atomic mass is 10.0. The molecule has 0 fully saturated rings. The van der Waals surface area contributed by atoms with Crippen LogP contribution in [0.5, 0.6) is 0 Å². The lowest BCUT2D eigenvalue weighted by Gasteiger charge is -2.20. The van der Waals surface area contributed by atoms with Gasteiger partial charge in [0, 0.05) is 11.1 Å². The Morgan fingerprint density at radius 1 is 1.73 bits per heavy atom. The first-order chi connectivity index (χ1) is 5.05. The third-order valence-corrected chi connectivity index (χ3v) is 2.44. The van der Waals surface area contributed by atoms with E-state index in [9.17, 15) is 8.78 Å². The molecule has 0 amide bonds. The molecular formula is C6H8F2N2S. The van der Waals surface area contributed by atoms with E-state index in [1.165, 1.54) is 18.6 Å². The lowest BCUT2D eigenvalue weighted by molar-refractivity contribution is 0.0643. The van der Waals surface area contributed by atoms with Crippen molar-refractivity contribution in [3.05, 3.63) is 16.6 Å². The van der Waals surface area contributed by atoms with Gasteiger partial charge in [0.1, 0.15) is 5.54 Å². The molecule has 0 aliphatic rings. The number of halogens is 2. The molecule has 1 atom stereocenters. The van der Waals surface area contributed by atoms with E-state index in [2.05, 4.69) is 4.98 Å². The maximum Gasteiger partial charge on any atom is 0.260 e. The summed E-state index contributed by atoms with van der Waals surface area (Å²) in [5, 5.41) is 0. The summed E-state index contributed by atoms with van der Waals surface area (Å²) in [6.07, 6.45) is -1.18. The lowest BCUT2D eigenvalue weighted by Crippen LogP contribution is -2.39. The molecule has 62 valence electrons. The van der Waals surface area contributed by atoms with Gasteiger partial charge in [0.2, 0.25) is 0 Å². The van der Waals surface area contributed by atoms with E-state index < -0.39 is 12.0 Å². The third-order valence-electron chi connectivity index (χ3n) is 1.42. The largest absolute Gasteiger partial charge is 0.316 e. The summed E-state index contributed by atoms with van der Waals surface area (Å²) in [5.41, 5.74) is 5.28. The first-order valence-electron chi connectivity index (χ1n) is 3.01. The summed E-state index contributed by atoms with van der Waals surface area (Å²) in [6.45, 7) is 1.30. The van der Waals surface area contributed by atoms with Crippen LogP contribution >= 0.6 is 11.3 Å². The SMILES string of the molecule is CC(N)(c1cncs1)C(F)F. The Bertz CT molecular complexity index is 220. The fraction of sp³-hybridized carbons (Fsp3) is 0.500. The Balaban J connectivity index is 2.90. The first-order valence-corrected chi connectivity index (χ1v) is 3.89. The predicted molar refractivity (Wildman–Crippen MR) is 39.7 cm³/mol. The van der Waals surface area contributed by atoms with E-state index in [0.29, 0.717) is 4.88 Å². The molecular weight excluding hydrogens is 170 g/mol. The van der Waals surface area contributed by atoms with Crippen LogP contribution in [0.25, 0.3) is 0 Å². The number of rotatable bonds is 2. The van der Waals surface area contributed by atoms with Crippen LogP contribution in [-0.4, -0.2) is 11.4 Å². The number of thiazole rings is 1. The Hall–Kier alpha value is -0.550. The summed E-state index contributed by atoms with van der Waals surface area (Å²) in [5.74, 6) is 0. The Kier molecular flexibility index (Phi) is 2.20. The minimum Gasteiger partial charge on any atom is -0.316 e. The summed E-state index contributed by atoms with van der Waals surface area (Å²) < 4.78 is 24.5. The van der Waals surface area contributed by atoms with Crippen molar-refractivity contribution < 1.29 is 8.78 Å². The first kappa shape index (κ1) is 8.55. The average Bonchev–Trinajstić information content (AvgIpc) is 2.37. The van der Waals surface area contributed by atoms with Gasteiger partial charge in [-0.3, -0.25) is 4.98 Å². The van der Waals surface area contributed by atoms with Crippen molar-refractivity contribution in [2.24, 2.45) is 5.73 Å². The zero-order valence-corrected chi connectivity index (χ0v) is 6.74. The molecule has 5 heteroatoms. The van der Waals surface area contributed by atoms with Crippen molar-refractivity contribution in [1.29, 1.82) is 0 Å². The Morgan fingerprint density at radius 3 is 2.73 bits per heavy atom. The van der Waals surface area contributed by atoms with Gasteiger partial charge in [-0.1, -0.05) is 0 Å². The number of nitrogens with zero attached hydrogens (tertiary/aromatic N) is 1. The topological polar surface area (TPSA) is 38.9 Å². The fourth-order valence-corrected chi connectivity index (χ4v) is 1.29. The molecule has 1 rings (SSSR count). The van der Waals surface area contributed by atoms with E-state index in [0.717, 1.165) is 11.3 Å². The van der Waals surface area contributed by atoms with Crippen molar-refractivity contribution in [3.63, 3.8) is 0 Å². The molecule has 0 aliphatic heterocycles. The molecule has 1 aromatic heterocycles. The van der Waals surface area contributed by atoms with Gasteiger partial charge in [0.25, 0.3) is 6.43 Å². The molecule has 0 aliphatic carbocycles. The number of hydrogen-bond donors (Lipinski definition) is 1. The van der Waals surface area contributed by atoms with Crippen LogP contribution < -0.4 is 5.73 Å². The summed E-state index contributed by atoms with van der Waals surface area (Å²) in [7, 11) is 0. The van der Waals surface area contributed by atoms with Crippen molar-refractivity contribution in [1.82, 2.24) is 4.98 Å². The van der Waals surface area contributed by atoms with Crippen LogP contribution in [0.3, 0.4) is 0 Å². The van der Waals surface area contributed by atoms with E-state index >= 15 is 0 Å². The standard InChI is InChI=1S/C6H8F2N2S/c1-6(9,5(7)8)4-2-10-3-11-4/h2-3,5H,9H2,1H3. The van der Waals surface area contributed by atoms with Gasteiger partial charge in [-0.2, -0.15) is 0 Å². The molecule has 1 aromatic rings. The van der Waals surface area contributed by atoms with Crippen molar-refractivity contribution in [3.8, 4) is 0 Å². The quantitative estimate of drug-likeness (QED) is 0.746. The van der Waals surface area contributed by atoms with Gasteiger partial charge in [0.05, 0.1) is 5.51 Å². The number of alkyl halides is 2. The molecule has 2 nitrogen and oxygen atoms in total. The third kappa shape index (κ3) is 1.54. The molecule has 0 aromatic carbocycles. The molecule has 11 heavy (non-hydrogen) atoms. The minimum atomic E-state index is -2.55. The van der Waals surface area contributed by atoms with Crippen LogP contribution in [-0.2, 0) is 5.54 Å². The summed E-state index contributed by atoms with van der Waals surface area (Å²) >= 11 is 1.14. The highest BCUT2D eigenvalue weighted by Gasteiger charge is 2.33. The van der Waals surface area contributed by atoms with Crippen LogP contribution in [0.1, 0.15) is 11.8 Å². The number of hydrogen-bond acceptors (Lipinski definition) is 3. The second-order valence-corrected chi connectivity index (χ2v) is 3.34. The number of nitrogens with two attached hydrogens (primary N) is 1. The zero-order valence-electron chi connectivity index (χ0n) is 5.92. The van der Waals surface area contributed by atoms with Crippen molar-refractivity contribution >= 4 is 11.3 Å². The second-order valence-electron chi connectivity index (χ2n) is 2.45. The molecule has 0 radical (unpaired) electrons. The van der Waals surface area contributed by atoms with E-state index in [-0.39, 0.29) is 0 Å². The van der Waals surface area contributed by atoms with E-state index in [1.807, 2.05) is 0 Å². The van der Waals surface area contributed by atoms with Crippen LogP contribution in [0.4, 0.5) is 8.78 Å². The summed E-state index contributed by atoms with van der Waals surface area (Å²) in [4.78, 5) is 4.09. The molecule has 1 heterocycles. The normalized spacial score (nSPS) is 16.8. The second kappa shape index (κ2) is 2.83. The fourth-order valence-electron chi connectivity index (χ4n) is 0.589. The smallest absolute Gasteiger partial charge is 0.260 e. The highest BCUT2D eigenvalue weighted by atomic mass is 32.1. The van der Waals surface area contributed by atoms with Gasteiger partial charge in [-0.25, -0.2) is 8.78 Å². The van der Waals surface area contributed by atoms with E-state index in [4.69, 9.17) is 5.73 Å². The van der Waals surface area contributed by atoms with Gasteiger partial charge in [-0.05, 0) is 6.92 Å². The number of aromatic nitrogens is 1. The van der Waals surface area contributed by atoms with Gasteiger partial charge in [-0.15, -0.1) is 11.3 Å².